The fourth-order valence-electron chi connectivity index (χ4n) is 4.87. The van der Waals surface area contributed by atoms with E-state index in [1.54, 1.807) is 0 Å². The second-order valence-corrected chi connectivity index (χ2v) is 8.76. The van der Waals surface area contributed by atoms with Gasteiger partial charge in [-0.3, -0.25) is 14.6 Å². The third kappa shape index (κ3) is 6.74. The second kappa shape index (κ2) is 11.8. The first-order chi connectivity index (χ1) is 15.1. The van der Waals surface area contributed by atoms with Gasteiger partial charge in [-0.1, -0.05) is 51.4 Å². The van der Waals surface area contributed by atoms with Gasteiger partial charge in [0.1, 0.15) is 17.8 Å². The standard InChI is InChI=1S/C23H34N4O4/c1-31-23(30)18(14-16-8-4-2-5-9-16)26-22(29)20(17-10-6-3-7-11-17)27-21(28)19-15-24-12-13-25-19/h12-13,15-18,20H,2-11,14H2,1H3,(H,26,29)(H,27,28). The number of nitrogens with zero attached hydrogens (tertiary/aromatic N) is 2. The van der Waals surface area contributed by atoms with Crippen LogP contribution >= 0.6 is 0 Å². The molecule has 2 fully saturated rings. The van der Waals surface area contributed by atoms with Crippen molar-refractivity contribution in [2.45, 2.75) is 82.7 Å². The lowest BCUT2D eigenvalue weighted by Crippen LogP contribution is -2.55. The number of methoxy groups -OCH3 is 1. The number of rotatable bonds is 8. The molecular formula is C23H34N4O4. The normalized spacial score (nSPS) is 19.8. The predicted octanol–water partition coefficient (Wildman–Crippen LogP) is 2.78. The fraction of sp³-hybridized carbons (Fsp3) is 0.696. The average molecular weight is 431 g/mol. The van der Waals surface area contributed by atoms with Crippen LogP contribution in [0.1, 0.15) is 81.1 Å². The highest BCUT2D eigenvalue weighted by atomic mass is 16.5. The molecule has 0 spiro atoms. The Labute approximate surface area is 183 Å². The van der Waals surface area contributed by atoms with Gasteiger partial charge in [0.05, 0.1) is 13.3 Å². The molecular weight excluding hydrogens is 396 g/mol. The van der Waals surface area contributed by atoms with E-state index in [-0.39, 0.29) is 17.5 Å². The van der Waals surface area contributed by atoms with Crippen LogP contribution in [0, 0.1) is 11.8 Å². The van der Waals surface area contributed by atoms with Crippen LogP contribution in [0.4, 0.5) is 0 Å². The Balaban J connectivity index is 1.71. The van der Waals surface area contributed by atoms with Gasteiger partial charge in [-0.2, -0.15) is 0 Å². The maximum Gasteiger partial charge on any atom is 0.328 e. The van der Waals surface area contributed by atoms with E-state index in [9.17, 15) is 14.4 Å². The first kappa shape index (κ1) is 23.2. The van der Waals surface area contributed by atoms with E-state index in [0.717, 1.165) is 57.8 Å². The van der Waals surface area contributed by atoms with Crippen LogP contribution in [-0.4, -0.2) is 46.9 Å². The van der Waals surface area contributed by atoms with Crippen LogP contribution < -0.4 is 10.6 Å². The molecule has 0 radical (unpaired) electrons. The molecule has 0 saturated heterocycles. The lowest BCUT2D eigenvalue weighted by atomic mass is 9.82. The summed E-state index contributed by atoms with van der Waals surface area (Å²) >= 11 is 0. The quantitative estimate of drug-likeness (QED) is 0.614. The van der Waals surface area contributed by atoms with Crippen molar-refractivity contribution < 1.29 is 19.1 Å². The summed E-state index contributed by atoms with van der Waals surface area (Å²) in [4.78, 5) is 46.4. The summed E-state index contributed by atoms with van der Waals surface area (Å²) in [5, 5.41) is 5.77. The van der Waals surface area contributed by atoms with E-state index >= 15 is 0 Å². The number of carbonyl (C=O) groups is 3. The second-order valence-electron chi connectivity index (χ2n) is 8.76. The third-order valence-electron chi connectivity index (χ3n) is 6.58. The zero-order valence-corrected chi connectivity index (χ0v) is 18.3. The molecule has 1 aromatic rings. The molecule has 170 valence electrons. The van der Waals surface area contributed by atoms with Gasteiger partial charge in [-0.05, 0) is 31.1 Å². The molecule has 31 heavy (non-hydrogen) atoms. The summed E-state index contributed by atoms with van der Waals surface area (Å²) in [7, 11) is 1.34. The first-order valence-corrected chi connectivity index (χ1v) is 11.5. The van der Waals surface area contributed by atoms with Crippen LogP contribution in [0.5, 0.6) is 0 Å². The van der Waals surface area contributed by atoms with Crippen molar-refractivity contribution >= 4 is 17.8 Å². The van der Waals surface area contributed by atoms with E-state index < -0.39 is 24.0 Å². The maximum atomic E-state index is 13.3. The topological polar surface area (TPSA) is 110 Å². The number of esters is 1. The minimum atomic E-state index is -0.715. The summed E-state index contributed by atoms with van der Waals surface area (Å²) in [6, 6.07) is -1.41. The van der Waals surface area contributed by atoms with Crippen LogP contribution in [-0.2, 0) is 14.3 Å². The predicted molar refractivity (Wildman–Crippen MR) is 115 cm³/mol. The Morgan fingerprint density at radius 3 is 2.29 bits per heavy atom. The highest BCUT2D eigenvalue weighted by Gasteiger charge is 2.35. The third-order valence-corrected chi connectivity index (χ3v) is 6.58. The molecule has 2 unspecified atom stereocenters. The summed E-state index contributed by atoms with van der Waals surface area (Å²) < 4.78 is 4.97. The molecule has 8 nitrogen and oxygen atoms in total. The van der Waals surface area contributed by atoms with Crippen molar-refractivity contribution in [3.63, 3.8) is 0 Å². The lowest BCUT2D eigenvalue weighted by molar-refractivity contribution is -0.146. The molecule has 2 aliphatic carbocycles. The summed E-state index contributed by atoms with van der Waals surface area (Å²) in [6.45, 7) is 0. The molecule has 2 amide bonds. The maximum absolute atomic E-state index is 13.3. The van der Waals surface area contributed by atoms with Crippen molar-refractivity contribution in [3.05, 3.63) is 24.3 Å². The molecule has 0 aromatic carbocycles. The molecule has 2 aliphatic rings. The molecule has 8 heteroatoms. The van der Waals surface area contributed by atoms with E-state index in [4.69, 9.17) is 4.74 Å². The molecule has 1 aromatic heterocycles. The van der Waals surface area contributed by atoms with Gasteiger partial charge in [0, 0.05) is 12.4 Å². The molecule has 2 N–H and O–H groups in total. The van der Waals surface area contributed by atoms with Crippen LogP contribution in [0.15, 0.2) is 18.6 Å². The highest BCUT2D eigenvalue weighted by Crippen LogP contribution is 2.29. The van der Waals surface area contributed by atoms with Gasteiger partial charge in [0.2, 0.25) is 5.91 Å². The van der Waals surface area contributed by atoms with Gasteiger partial charge >= 0.3 is 5.97 Å². The highest BCUT2D eigenvalue weighted by molar-refractivity contribution is 5.96. The van der Waals surface area contributed by atoms with E-state index in [1.165, 1.54) is 32.1 Å². The Morgan fingerprint density at radius 1 is 1.00 bits per heavy atom. The molecule has 1 heterocycles. The smallest absolute Gasteiger partial charge is 0.328 e. The Morgan fingerprint density at radius 2 is 1.68 bits per heavy atom. The Kier molecular flexibility index (Phi) is 8.79. The number of hydrogen-bond donors (Lipinski definition) is 2. The minimum Gasteiger partial charge on any atom is -0.467 e. The van der Waals surface area contributed by atoms with Gasteiger partial charge in [0.15, 0.2) is 0 Å². The number of ether oxygens (including phenoxy) is 1. The minimum absolute atomic E-state index is 0.0300. The monoisotopic (exact) mass is 430 g/mol. The number of nitrogens with one attached hydrogen (secondary N) is 2. The molecule has 3 rings (SSSR count). The van der Waals surface area contributed by atoms with Crippen molar-refractivity contribution in [3.8, 4) is 0 Å². The summed E-state index contributed by atoms with van der Waals surface area (Å²) in [5.74, 6) is -0.750. The van der Waals surface area contributed by atoms with Crippen LogP contribution in [0.3, 0.4) is 0 Å². The van der Waals surface area contributed by atoms with Gasteiger partial charge in [-0.15, -0.1) is 0 Å². The zero-order chi connectivity index (χ0) is 22.1. The SMILES string of the molecule is COC(=O)C(CC1CCCCC1)NC(=O)C(NC(=O)c1cnccn1)C1CCCCC1. The number of amides is 2. The Hall–Kier alpha value is -2.51. The van der Waals surface area contributed by atoms with Crippen LogP contribution in [0.2, 0.25) is 0 Å². The fourth-order valence-corrected chi connectivity index (χ4v) is 4.87. The number of hydrogen-bond acceptors (Lipinski definition) is 6. The zero-order valence-electron chi connectivity index (χ0n) is 18.3. The van der Waals surface area contributed by atoms with E-state index in [1.807, 2.05) is 0 Å². The largest absolute Gasteiger partial charge is 0.467 e. The molecule has 0 aliphatic heterocycles. The van der Waals surface area contributed by atoms with Crippen molar-refractivity contribution in [2.75, 3.05) is 7.11 Å². The summed E-state index contributed by atoms with van der Waals surface area (Å²) in [5.41, 5.74) is 0.169. The first-order valence-electron chi connectivity index (χ1n) is 11.5. The number of aromatic nitrogens is 2. The van der Waals surface area contributed by atoms with Gasteiger partial charge in [0.25, 0.3) is 5.91 Å². The van der Waals surface area contributed by atoms with Gasteiger partial charge in [-0.25, -0.2) is 9.78 Å². The molecule has 0 bridgehead atoms. The lowest BCUT2D eigenvalue weighted by Gasteiger charge is -2.32. The van der Waals surface area contributed by atoms with Crippen LogP contribution in [0.25, 0.3) is 0 Å². The Bertz CT molecular complexity index is 730. The van der Waals surface area contributed by atoms with E-state index in [0.29, 0.717) is 12.3 Å². The van der Waals surface area contributed by atoms with E-state index in [2.05, 4.69) is 20.6 Å². The van der Waals surface area contributed by atoms with Crippen molar-refractivity contribution in [1.82, 2.24) is 20.6 Å². The van der Waals surface area contributed by atoms with Gasteiger partial charge < -0.3 is 15.4 Å². The summed E-state index contributed by atoms with van der Waals surface area (Å²) in [6.07, 6.45) is 15.5. The number of carbonyl (C=O) groups excluding carboxylic acids is 3. The molecule has 2 saturated carbocycles. The van der Waals surface area contributed by atoms with Crippen molar-refractivity contribution in [1.29, 1.82) is 0 Å². The van der Waals surface area contributed by atoms with Crippen molar-refractivity contribution in [2.24, 2.45) is 11.8 Å². The molecule has 2 atom stereocenters. The average Bonchev–Trinajstić information content (AvgIpc) is 2.83.